The number of hydrogen-bond donors (Lipinski definition) is 2. The third kappa shape index (κ3) is 4.08. The van der Waals surface area contributed by atoms with Gasteiger partial charge in [-0.05, 0) is 36.1 Å². The molecular formula is C16H15ClN2OS. The van der Waals surface area contributed by atoms with E-state index >= 15 is 0 Å². The Morgan fingerprint density at radius 1 is 1.48 bits per heavy atom. The van der Waals surface area contributed by atoms with Crippen LogP contribution in [0.2, 0.25) is 5.02 Å². The van der Waals surface area contributed by atoms with Crippen molar-refractivity contribution in [2.24, 2.45) is 5.73 Å². The first kappa shape index (κ1) is 15.6. The van der Waals surface area contributed by atoms with Crippen molar-refractivity contribution in [1.29, 1.82) is 0 Å². The zero-order valence-electron chi connectivity index (χ0n) is 11.5. The smallest absolute Gasteiger partial charge is 0.263 e. The molecule has 1 unspecified atom stereocenters. The first-order chi connectivity index (χ1) is 10.1. The van der Waals surface area contributed by atoms with Crippen LogP contribution in [-0.2, 0) is 0 Å². The molecule has 2 rings (SSSR count). The number of benzene rings is 1. The van der Waals surface area contributed by atoms with Gasteiger partial charge in [0.2, 0.25) is 0 Å². The van der Waals surface area contributed by atoms with Gasteiger partial charge in [0, 0.05) is 10.6 Å². The molecule has 0 aliphatic rings. The van der Waals surface area contributed by atoms with Crippen LogP contribution in [0, 0.1) is 11.8 Å². The molecule has 1 aromatic carbocycles. The Labute approximate surface area is 133 Å². The van der Waals surface area contributed by atoms with Gasteiger partial charge in [-0.1, -0.05) is 35.6 Å². The quantitative estimate of drug-likeness (QED) is 0.854. The molecule has 1 amide bonds. The summed E-state index contributed by atoms with van der Waals surface area (Å²) in [7, 11) is 0. The lowest BCUT2D eigenvalue weighted by Crippen LogP contribution is -2.26. The Hall–Kier alpha value is -1.80. The number of rotatable bonds is 3. The molecule has 2 aromatic rings. The van der Waals surface area contributed by atoms with Gasteiger partial charge in [-0.15, -0.1) is 11.3 Å². The van der Waals surface area contributed by atoms with E-state index in [2.05, 4.69) is 17.2 Å². The summed E-state index contributed by atoms with van der Waals surface area (Å²) >= 11 is 7.33. The highest BCUT2D eigenvalue weighted by molar-refractivity contribution is 7.12. The van der Waals surface area contributed by atoms with Crippen molar-refractivity contribution in [1.82, 2.24) is 5.32 Å². The number of nitrogens with one attached hydrogen (secondary N) is 1. The Morgan fingerprint density at radius 3 is 3.00 bits per heavy atom. The molecular weight excluding hydrogens is 304 g/mol. The molecule has 0 saturated heterocycles. The Kier molecular flexibility index (Phi) is 5.40. The van der Waals surface area contributed by atoms with E-state index in [4.69, 9.17) is 17.3 Å². The summed E-state index contributed by atoms with van der Waals surface area (Å²) in [6, 6.07) is 9.14. The zero-order valence-corrected chi connectivity index (χ0v) is 13.1. The second-order valence-corrected chi connectivity index (χ2v) is 5.77. The molecule has 0 bridgehead atoms. The highest BCUT2D eigenvalue weighted by Crippen LogP contribution is 2.20. The summed E-state index contributed by atoms with van der Waals surface area (Å²) in [5.41, 5.74) is 7.03. The van der Waals surface area contributed by atoms with Crippen molar-refractivity contribution in [2.75, 3.05) is 6.54 Å². The third-order valence-corrected chi connectivity index (χ3v) is 4.04. The van der Waals surface area contributed by atoms with Gasteiger partial charge in [0.15, 0.2) is 0 Å². The maximum absolute atomic E-state index is 12.3. The minimum atomic E-state index is -0.140. The lowest BCUT2D eigenvalue weighted by Gasteiger charge is -2.14. The maximum atomic E-state index is 12.3. The molecule has 1 heterocycles. The molecule has 0 radical (unpaired) electrons. The van der Waals surface area contributed by atoms with E-state index < -0.39 is 0 Å². The molecule has 0 fully saturated rings. The van der Waals surface area contributed by atoms with Crippen LogP contribution in [0.3, 0.4) is 0 Å². The number of halogens is 1. The van der Waals surface area contributed by atoms with Gasteiger partial charge in [-0.2, -0.15) is 0 Å². The second-order valence-electron chi connectivity index (χ2n) is 4.42. The topological polar surface area (TPSA) is 55.1 Å². The molecule has 108 valence electrons. The van der Waals surface area contributed by atoms with E-state index in [1.165, 1.54) is 11.3 Å². The van der Waals surface area contributed by atoms with Crippen molar-refractivity contribution in [3.8, 4) is 11.8 Å². The molecule has 3 N–H and O–H groups in total. The molecule has 21 heavy (non-hydrogen) atoms. The molecule has 0 aliphatic heterocycles. The molecule has 3 nitrogen and oxygen atoms in total. The Bertz CT molecular complexity index is 700. The molecule has 0 aliphatic carbocycles. The number of nitrogens with two attached hydrogens (primary N) is 1. The fraction of sp³-hybridized carbons (Fsp3) is 0.188. The minimum absolute atomic E-state index is 0.131. The van der Waals surface area contributed by atoms with Crippen LogP contribution in [0.4, 0.5) is 0 Å². The van der Waals surface area contributed by atoms with E-state index in [9.17, 15) is 4.79 Å². The maximum Gasteiger partial charge on any atom is 0.263 e. The van der Waals surface area contributed by atoms with Gasteiger partial charge in [0.25, 0.3) is 5.91 Å². The predicted octanol–water partition coefficient (Wildman–Crippen LogP) is 3.20. The lowest BCUT2D eigenvalue weighted by molar-refractivity contribution is 0.0944. The van der Waals surface area contributed by atoms with E-state index in [1.807, 2.05) is 36.6 Å². The number of thiophene rings is 1. The fourth-order valence-corrected chi connectivity index (χ4v) is 2.80. The van der Waals surface area contributed by atoms with E-state index in [0.717, 1.165) is 5.56 Å². The average molecular weight is 319 g/mol. The normalized spacial score (nSPS) is 11.4. The highest BCUT2D eigenvalue weighted by Gasteiger charge is 2.15. The summed E-state index contributed by atoms with van der Waals surface area (Å²) < 4.78 is 0. The third-order valence-electron chi connectivity index (χ3n) is 2.89. The van der Waals surface area contributed by atoms with Crippen LogP contribution in [0.1, 0.15) is 33.8 Å². The summed E-state index contributed by atoms with van der Waals surface area (Å²) in [5, 5.41) is 5.46. The van der Waals surface area contributed by atoms with Crippen LogP contribution in [0.25, 0.3) is 0 Å². The number of carbonyl (C=O) groups excluding carboxylic acids is 1. The molecule has 0 saturated carbocycles. The second kappa shape index (κ2) is 7.28. The standard InChI is InChI=1S/C16H15ClN2OS/c1-11(13-4-2-6-14(17)10-13)19-16(20)15-12(5-3-8-18)7-9-21-15/h2,4,6-7,9-11H,8,18H2,1H3,(H,19,20). The first-order valence-corrected chi connectivity index (χ1v) is 7.70. The van der Waals surface area contributed by atoms with Crippen LogP contribution < -0.4 is 11.1 Å². The largest absolute Gasteiger partial charge is 0.345 e. The number of amides is 1. The van der Waals surface area contributed by atoms with Crippen molar-refractivity contribution in [2.45, 2.75) is 13.0 Å². The minimum Gasteiger partial charge on any atom is -0.345 e. The fourth-order valence-electron chi connectivity index (χ4n) is 1.85. The molecule has 1 atom stereocenters. The monoisotopic (exact) mass is 318 g/mol. The van der Waals surface area contributed by atoms with Crippen LogP contribution in [0.15, 0.2) is 35.7 Å². The van der Waals surface area contributed by atoms with Crippen molar-refractivity contribution in [3.05, 3.63) is 56.7 Å². The van der Waals surface area contributed by atoms with Crippen LogP contribution in [-0.4, -0.2) is 12.5 Å². The van der Waals surface area contributed by atoms with Crippen molar-refractivity contribution in [3.63, 3.8) is 0 Å². The lowest BCUT2D eigenvalue weighted by atomic mass is 10.1. The molecule has 0 spiro atoms. The Balaban J connectivity index is 2.13. The van der Waals surface area contributed by atoms with Gasteiger partial charge < -0.3 is 11.1 Å². The summed E-state index contributed by atoms with van der Waals surface area (Å²) in [6.07, 6.45) is 0. The highest BCUT2D eigenvalue weighted by atomic mass is 35.5. The van der Waals surface area contributed by atoms with Gasteiger partial charge in [-0.25, -0.2) is 0 Å². The van der Waals surface area contributed by atoms with Gasteiger partial charge in [-0.3, -0.25) is 4.79 Å². The van der Waals surface area contributed by atoms with Gasteiger partial charge >= 0.3 is 0 Å². The van der Waals surface area contributed by atoms with Gasteiger partial charge in [0.05, 0.1) is 12.6 Å². The average Bonchev–Trinajstić information content (AvgIpc) is 2.93. The number of carbonyl (C=O) groups is 1. The van der Waals surface area contributed by atoms with E-state index in [0.29, 0.717) is 15.5 Å². The van der Waals surface area contributed by atoms with E-state index in [1.54, 1.807) is 6.07 Å². The summed E-state index contributed by atoms with van der Waals surface area (Å²) in [4.78, 5) is 12.9. The predicted molar refractivity (Wildman–Crippen MR) is 87.6 cm³/mol. The first-order valence-electron chi connectivity index (χ1n) is 6.44. The van der Waals surface area contributed by atoms with E-state index in [-0.39, 0.29) is 18.5 Å². The van der Waals surface area contributed by atoms with Gasteiger partial charge in [0.1, 0.15) is 4.88 Å². The molecule has 1 aromatic heterocycles. The van der Waals surface area contributed by atoms with Crippen molar-refractivity contribution < 1.29 is 4.79 Å². The zero-order chi connectivity index (χ0) is 15.2. The van der Waals surface area contributed by atoms with Crippen molar-refractivity contribution >= 4 is 28.8 Å². The SMILES string of the molecule is CC(NC(=O)c1sccc1C#CCN)c1cccc(Cl)c1. The van der Waals surface area contributed by atoms with Crippen LogP contribution >= 0.6 is 22.9 Å². The molecule has 5 heteroatoms. The summed E-state index contributed by atoms with van der Waals surface area (Å²) in [5.74, 6) is 5.53. The Morgan fingerprint density at radius 2 is 2.29 bits per heavy atom. The van der Waals surface area contributed by atoms with Crippen LogP contribution in [0.5, 0.6) is 0 Å². The number of hydrogen-bond acceptors (Lipinski definition) is 3. The summed E-state index contributed by atoms with van der Waals surface area (Å²) in [6.45, 7) is 2.19.